The van der Waals surface area contributed by atoms with Crippen molar-refractivity contribution in [3.8, 4) is 0 Å². The molecule has 8 aliphatic carbocycles. The van der Waals surface area contributed by atoms with E-state index in [1.807, 2.05) is 19.9 Å². The second kappa shape index (κ2) is 14.1. The Morgan fingerprint density at radius 1 is 0.672 bits per heavy atom. The quantitative estimate of drug-likeness (QED) is 0.242. The number of aliphatic hydroxyl groups excluding tert-OH is 2. The molecule has 6 saturated carbocycles. The summed E-state index contributed by atoms with van der Waals surface area (Å²) in [6, 6.07) is 0. The lowest BCUT2D eigenvalue weighted by Crippen LogP contribution is -2.62. The molecule has 58 heavy (non-hydrogen) atoms. The van der Waals surface area contributed by atoms with Gasteiger partial charge < -0.3 is 29.9 Å². The van der Waals surface area contributed by atoms with E-state index in [2.05, 4.69) is 13.8 Å². The van der Waals surface area contributed by atoms with Gasteiger partial charge in [0.1, 0.15) is 11.2 Å². The zero-order valence-corrected chi connectivity index (χ0v) is 34.3. The number of ketones is 4. The van der Waals surface area contributed by atoms with E-state index in [1.165, 1.54) is 0 Å². The highest BCUT2D eigenvalue weighted by Crippen LogP contribution is 2.69. The number of carbonyl (C=O) groups excluding carboxylic acids is 6. The fourth-order valence-corrected chi connectivity index (χ4v) is 14.8. The molecule has 0 saturated heterocycles. The summed E-state index contributed by atoms with van der Waals surface area (Å²) in [7, 11) is 0. The molecule has 6 fully saturated rings. The zero-order chi connectivity index (χ0) is 41.8. The molecule has 12 nitrogen and oxygen atoms in total. The van der Waals surface area contributed by atoms with Gasteiger partial charge in [0, 0.05) is 28.6 Å². The summed E-state index contributed by atoms with van der Waals surface area (Å²) < 4.78 is 10.5. The maximum absolute atomic E-state index is 13.7. The van der Waals surface area contributed by atoms with Crippen LogP contribution in [-0.2, 0) is 38.2 Å². The molecule has 316 valence electrons. The number of carbonyl (C=O) groups is 6. The number of Topliss-reactive ketones (excluding diaryl/α,β-unsaturated/α-hetero) is 2. The highest BCUT2D eigenvalue weighted by Gasteiger charge is 2.70. The van der Waals surface area contributed by atoms with Crippen LogP contribution in [0.15, 0.2) is 35.5 Å². The first-order valence-electron chi connectivity index (χ1n) is 21.6. The fourth-order valence-electron chi connectivity index (χ4n) is 14.8. The molecule has 0 aromatic rings. The van der Waals surface area contributed by atoms with Crippen LogP contribution in [0.4, 0.5) is 0 Å². The highest BCUT2D eigenvalue weighted by atomic mass is 16.5. The summed E-state index contributed by atoms with van der Waals surface area (Å²) in [5.41, 5.74) is -4.20. The minimum absolute atomic E-state index is 0.0215. The van der Waals surface area contributed by atoms with E-state index in [-0.39, 0.29) is 78.2 Å². The molecule has 8 aliphatic rings. The van der Waals surface area contributed by atoms with Crippen LogP contribution in [0.3, 0.4) is 0 Å². The SMILES string of the molecule is C[C@]12C=CC(=O)C=C1CCC1C2[C@@H](O)C[C@@]2(C)C1CC[C@]2(O)C(=O)COC(=O)CCC(=O)OCC(=O)[C@@]1(O)CCC2C3CCC4=CC(=O)CC[C@]4(C)C3[C@@H](O)C[C@@]21C. The van der Waals surface area contributed by atoms with Crippen LogP contribution in [0.2, 0.25) is 0 Å². The molecular formula is C46H60O12. The van der Waals surface area contributed by atoms with E-state index in [9.17, 15) is 49.2 Å². The Kier molecular flexibility index (Phi) is 10.1. The minimum atomic E-state index is -1.82. The van der Waals surface area contributed by atoms with Crippen molar-refractivity contribution < 1.29 is 58.7 Å². The van der Waals surface area contributed by atoms with Crippen LogP contribution >= 0.6 is 0 Å². The molecule has 8 rings (SSSR count). The van der Waals surface area contributed by atoms with Crippen LogP contribution in [0.1, 0.15) is 118 Å². The molecule has 0 radical (unpaired) electrons. The van der Waals surface area contributed by atoms with Gasteiger partial charge in [0.2, 0.25) is 11.6 Å². The van der Waals surface area contributed by atoms with E-state index in [4.69, 9.17) is 9.47 Å². The standard InChI is InChI=1S/C46H60O12/c1-41-15-11-27(47)19-25(41)5-7-29-31-13-17-45(55,43(31,3)21-33(49)39(29)41)35(51)23-57-37(53)9-10-38(54)58-24-36(52)46(56)18-14-32-30-8-6-26-20-28(48)12-16-42(26,2)40(30)34(50)22-44(32,46)4/h11,15,19-20,29-34,39-40,49-50,55-56H,5-10,12-14,16-18,21-24H2,1-4H3/t29?,30?,31?,32?,33-,34-,39?,40?,41-,42-,43-,44-,45-,46-/m0/s1. The van der Waals surface area contributed by atoms with Crippen molar-refractivity contribution >= 4 is 35.1 Å². The minimum Gasteiger partial charge on any atom is -0.458 e. The van der Waals surface area contributed by atoms with Crippen LogP contribution in [0.25, 0.3) is 0 Å². The van der Waals surface area contributed by atoms with Gasteiger partial charge >= 0.3 is 11.9 Å². The molecular weight excluding hydrogens is 744 g/mol. The Morgan fingerprint density at radius 2 is 1.17 bits per heavy atom. The monoisotopic (exact) mass is 804 g/mol. The van der Waals surface area contributed by atoms with Gasteiger partial charge in [0.15, 0.2) is 24.8 Å². The Hall–Kier alpha value is -3.32. The molecule has 0 spiro atoms. The van der Waals surface area contributed by atoms with Crippen molar-refractivity contribution in [1.29, 1.82) is 0 Å². The average molecular weight is 805 g/mol. The summed E-state index contributed by atoms with van der Waals surface area (Å²) in [5.74, 6) is -3.15. The molecule has 0 aromatic carbocycles. The van der Waals surface area contributed by atoms with E-state index in [0.717, 1.165) is 30.4 Å². The summed E-state index contributed by atoms with van der Waals surface area (Å²) in [4.78, 5) is 77.2. The van der Waals surface area contributed by atoms with E-state index >= 15 is 0 Å². The van der Waals surface area contributed by atoms with Crippen LogP contribution in [0, 0.1) is 57.2 Å². The molecule has 0 aromatic heterocycles. The first-order valence-corrected chi connectivity index (χ1v) is 21.6. The van der Waals surface area contributed by atoms with Crippen LogP contribution in [-0.4, -0.2) is 92.1 Å². The number of hydrogen-bond donors (Lipinski definition) is 4. The molecule has 0 aliphatic heterocycles. The van der Waals surface area contributed by atoms with Gasteiger partial charge in [-0.15, -0.1) is 0 Å². The van der Waals surface area contributed by atoms with Gasteiger partial charge in [-0.1, -0.05) is 44.9 Å². The number of hydrogen-bond acceptors (Lipinski definition) is 12. The largest absolute Gasteiger partial charge is 0.458 e. The third kappa shape index (κ3) is 5.96. The lowest BCUT2D eigenvalue weighted by molar-refractivity contribution is -0.184. The number of fused-ring (bicyclic) bond motifs is 10. The Balaban J connectivity index is 0.828. The first kappa shape index (κ1) is 41.4. The Bertz CT molecular complexity index is 1910. The van der Waals surface area contributed by atoms with E-state index in [1.54, 1.807) is 18.2 Å². The molecule has 0 amide bonds. The maximum Gasteiger partial charge on any atom is 0.306 e. The molecule has 0 heterocycles. The van der Waals surface area contributed by atoms with Crippen molar-refractivity contribution in [3.63, 3.8) is 0 Å². The van der Waals surface area contributed by atoms with Gasteiger partial charge in [0.05, 0.1) is 25.0 Å². The number of esters is 2. The van der Waals surface area contributed by atoms with E-state index < -0.39 is 89.2 Å². The van der Waals surface area contributed by atoms with Gasteiger partial charge in [-0.25, -0.2) is 0 Å². The van der Waals surface area contributed by atoms with Gasteiger partial charge in [-0.05, 0) is 124 Å². The predicted molar refractivity (Wildman–Crippen MR) is 207 cm³/mol. The van der Waals surface area contributed by atoms with Crippen LogP contribution < -0.4 is 0 Å². The summed E-state index contributed by atoms with van der Waals surface area (Å²) in [5, 5.41) is 47.2. The lowest BCUT2D eigenvalue weighted by atomic mass is 9.45. The molecule has 12 heteroatoms. The second-order valence-electron chi connectivity index (χ2n) is 20.3. The summed E-state index contributed by atoms with van der Waals surface area (Å²) in [6.07, 6.45) is 10.4. The number of aliphatic hydroxyl groups is 4. The topological polar surface area (TPSA) is 202 Å². The number of rotatable bonds is 9. The number of allylic oxidation sites excluding steroid dienone is 5. The molecule has 14 atom stereocenters. The molecule has 4 N–H and O–H groups in total. The van der Waals surface area contributed by atoms with Gasteiger partial charge in [-0.2, -0.15) is 0 Å². The Morgan fingerprint density at radius 3 is 1.72 bits per heavy atom. The highest BCUT2D eigenvalue weighted by molar-refractivity contribution is 6.01. The van der Waals surface area contributed by atoms with Crippen molar-refractivity contribution in [2.45, 2.75) is 141 Å². The smallest absolute Gasteiger partial charge is 0.306 e. The lowest BCUT2D eigenvalue weighted by Gasteiger charge is -2.60. The zero-order valence-electron chi connectivity index (χ0n) is 34.3. The average Bonchev–Trinajstić information content (AvgIpc) is 3.60. The normalized spacial score (nSPS) is 46.3. The third-order valence-electron chi connectivity index (χ3n) is 17.9. The van der Waals surface area contributed by atoms with Crippen molar-refractivity contribution in [3.05, 3.63) is 35.5 Å². The van der Waals surface area contributed by atoms with Crippen molar-refractivity contribution in [2.24, 2.45) is 57.2 Å². The van der Waals surface area contributed by atoms with Gasteiger partial charge in [0.25, 0.3) is 0 Å². The van der Waals surface area contributed by atoms with Crippen molar-refractivity contribution in [1.82, 2.24) is 0 Å². The first-order chi connectivity index (χ1) is 27.2. The summed E-state index contributed by atoms with van der Waals surface area (Å²) >= 11 is 0. The maximum atomic E-state index is 13.7. The van der Waals surface area contributed by atoms with E-state index in [0.29, 0.717) is 32.1 Å². The van der Waals surface area contributed by atoms with Crippen molar-refractivity contribution in [2.75, 3.05) is 13.2 Å². The summed E-state index contributed by atoms with van der Waals surface area (Å²) in [6.45, 7) is 6.52. The third-order valence-corrected chi connectivity index (χ3v) is 17.9. The Labute approximate surface area is 339 Å². The second-order valence-corrected chi connectivity index (χ2v) is 20.3. The predicted octanol–water partition coefficient (Wildman–Crippen LogP) is 4.23. The van der Waals surface area contributed by atoms with Gasteiger partial charge in [-0.3, -0.25) is 28.8 Å². The molecule has 6 unspecified atom stereocenters. The number of ether oxygens (including phenoxy) is 2. The fraction of sp³-hybridized carbons (Fsp3) is 0.739. The van der Waals surface area contributed by atoms with Crippen LogP contribution in [0.5, 0.6) is 0 Å². The molecule has 0 bridgehead atoms.